The lowest BCUT2D eigenvalue weighted by atomic mass is 9.98. The molecule has 3 heterocycles. The van der Waals surface area contributed by atoms with E-state index in [4.69, 9.17) is 18.9 Å². The quantitative estimate of drug-likeness (QED) is 0.334. The Bertz CT molecular complexity index is 1330. The number of thioether (sulfide) groups is 1. The van der Waals surface area contributed by atoms with E-state index in [2.05, 4.69) is 5.32 Å². The zero-order valence-electron chi connectivity index (χ0n) is 22.9. The second-order valence-electron chi connectivity index (χ2n) is 10.0. The maximum Gasteiger partial charge on any atom is 0.355 e. The number of fused-ring (bicyclic) bond motifs is 1. The molecule has 0 aromatic heterocycles. The molecule has 0 saturated carbocycles. The van der Waals surface area contributed by atoms with Gasteiger partial charge in [-0.25, -0.2) is 4.79 Å². The highest BCUT2D eigenvalue weighted by atomic mass is 32.2. The van der Waals surface area contributed by atoms with Crippen LogP contribution in [0.4, 0.5) is 0 Å². The van der Waals surface area contributed by atoms with Gasteiger partial charge >= 0.3 is 11.9 Å². The molecule has 5 rings (SSSR count). The van der Waals surface area contributed by atoms with Crippen LogP contribution in [0.2, 0.25) is 0 Å². The summed E-state index contributed by atoms with van der Waals surface area (Å²) >= 11 is 1.47. The minimum Gasteiger partial charge on any atom is -0.497 e. The standard InChI is InChI=1S/C30H32N2O8S/c1-18(33)38-16-22-12-13-24(40-22)23-17-41-29-26(31-25(34)14-19-6-4-3-5-7-19)28(35)32(29)27(23)30(36)39-15-20-8-10-21(37-2)11-9-20/h3-11,22,24,26,29H,12-17H2,1-2H3,(H,31,34)/t22-,24+,26-,29-/m1/s1. The van der Waals surface area contributed by atoms with Crippen molar-refractivity contribution in [2.45, 2.75) is 56.4 Å². The van der Waals surface area contributed by atoms with Crippen LogP contribution in [0, 0.1) is 0 Å². The molecule has 2 aromatic rings. The van der Waals surface area contributed by atoms with E-state index in [0.717, 1.165) is 11.1 Å². The van der Waals surface area contributed by atoms with E-state index in [1.807, 2.05) is 30.3 Å². The third kappa shape index (κ3) is 6.57. The molecule has 0 aliphatic carbocycles. The van der Waals surface area contributed by atoms with Crippen molar-refractivity contribution in [3.05, 3.63) is 77.0 Å². The van der Waals surface area contributed by atoms with Crippen molar-refractivity contribution >= 4 is 35.5 Å². The molecule has 10 nitrogen and oxygen atoms in total. The molecular weight excluding hydrogens is 548 g/mol. The molecule has 2 saturated heterocycles. The van der Waals surface area contributed by atoms with Crippen molar-refractivity contribution in [2.24, 2.45) is 0 Å². The van der Waals surface area contributed by atoms with Crippen LogP contribution in [-0.4, -0.2) is 71.7 Å². The number of hydrogen-bond donors (Lipinski definition) is 1. The number of benzene rings is 2. The fourth-order valence-electron chi connectivity index (χ4n) is 5.12. The first-order chi connectivity index (χ1) is 19.8. The molecule has 0 bridgehead atoms. The molecule has 2 fully saturated rings. The fourth-order valence-corrected chi connectivity index (χ4v) is 6.53. The number of ether oxygens (including phenoxy) is 4. The second kappa shape index (κ2) is 12.8. The molecule has 2 amide bonds. The van der Waals surface area contributed by atoms with Crippen LogP contribution in [0.5, 0.6) is 5.75 Å². The van der Waals surface area contributed by atoms with Gasteiger partial charge in [0.2, 0.25) is 5.91 Å². The fraction of sp³-hybridized carbons (Fsp3) is 0.400. The van der Waals surface area contributed by atoms with Crippen LogP contribution in [0.15, 0.2) is 65.9 Å². The van der Waals surface area contributed by atoms with Gasteiger partial charge in [0.05, 0.1) is 25.7 Å². The van der Waals surface area contributed by atoms with Gasteiger partial charge in [-0.05, 0) is 41.7 Å². The van der Waals surface area contributed by atoms with Gasteiger partial charge in [0.15, 0.2) is 0 Å². The first-order valence-electron chi connectivity index (χ1n) is 13.4. The average Bonchev–Trinajstić information content (AvgIpc) is 3.46. The summed E-state index contributed by atoms with van der Waals surface area (Å²) < 4.78 is 22.1. The Hall–Kier alpha value is -3.83. The van der Waals surface area contributed by atoms with Gasteiger partial charge in [-0.2, -0.15) is 0 Å². The van der Waals surface area contributed by atoms with E-state index in [1.165, 1.54) is 23.6 Å². The number of amides is 2. The third-order valence-corrected chi connectivity index (χ3v) is 8.51. The molecule has 11 heteroatoms. The predicted octanol–water partition coefficient (Wildman–Crippen LogP) is 2.75. The van der Waals surface area contributed by atoms with Gasteiger partial charge in [0, 0.05) is 12.7 Å². The summed E-state index contributed by atoms with van der Waals surface area (Å²) in [5, 5.41) is 2.41. The highest BCUT2D eigenvalue weighted by Gasteiger charge is 2.55. The number of carbonyl (C=O) groups is 4. The maximum absolute atomic E-state index is 13.5. The Labute approximate surface area is 242 Å². The Morgan fingerprint density at radius 1 is 1.02 bits per heavy atom. The monoisotopic (exact) mass is 580 g/mol. The zero-order valence-corrected chi connectivity index (χ0v) is 23.7. The van der Waals surface area contributed by atoms with E-state index in [0.29, 0.717) is 29.9 Å². The van der Waals surface area contributed by atoms with Crippen LogP contribution >= 0.6 is 11.8 Å². The topological polar surface area (TPSA) is 120 Å². The lowest BCUT2D eigenvalue weighted by Crippen LogP contribution is -2.71. The summed E-state index contributed by atoms with van der Waals surface area (Å²) in [4.78, 5) is 52.3. The molecular formula is C30H32N2O8S. The van der Waals surface area contributed by atoms with Crippen LogP contribution in [0.1, 0.15) is 30.9 Å². The zero-order chi connectivity index (χ0) is 28.9. The number of methoxy groups -OCH3 is 1. The Morgan fingerprint density at radius 3 is 2.49 bits per heavy atom. The summed E-state index contributed by atoms with van der Waals surface area (Å²) in [7, 11) is 1.57. The second-order valence-corrected chi connectivity index (χ2v) is 11.1. The van der Waals surface area contributed by atoms with Crippen molar-refractivity contribution in [2.75, 3.05) is 19.5 Å². The minimum atomic E-state index is -0.747. The van der Waals surface area contributed by atoms with Crippen molar-refractivity contribution in [1.82, 2.24) is 10.2 Å². The van der Waals surface area contributed by atoms with Gasteiger partial charge in [-0.15, -0.1) is 11.8 Å². The molecule has 0 unspecified atom stereocenters. The van der Waals surface area contributed by atoms with Crippen molar-refractivity contribution in [3.63, 3.8) is 0 Å². The summed E-state index contributed by atoms with van der Waals surface area (Å²) in [5.74, 6) is -0.535. The Kier molecular flexibility index (Phi) is 8.94. The normalized spacial score (nSPS) is 23.4. The van der Waals surface area contributed by atoms with E-state index in [9.17, 15) is 19.2 Å². The first-order valence-corrected chi connectivity index (χ1v) is 14.5. The number of nitrogens with zero attached hydrogens (tertiary/aromatic N) is 1. The largest absolute Gasteiger partial charge is 0.497 e. The number of nitrogens with one attached hydrogen (secondary N) is 1. The van der Waals surface area contributed by atoms with Gasteiger partial charge in [0.25, 0.3) is 5.91 Å². The Balaban J connectivity index is 1.32. The van der Waals surface area contributed by atoms with Crippen LogP contribution < -0.4 is 10.1 Å². The summed E-state index contributed by atoms with van der Waals surface area (Å²) in [6.45, 7) is 1.48. The lowest BCUT2D eigenvalue weighted by Gasteiger charge is -2.50. The summed E-state index contributed by atoms with van der Waals surface area (Å²) in [5.41, 5.74) is 2.44. The highest BCUT2D eigenvalue weighted by Crippen LogP contribution is 2.43. The number of hydrogen-bond acceptors (Lipinski definition) is 9. The lowest BCUT2D eigenvalue weighted by molar-refractivity contribution is -0.153. The van der Waals surface area contributed by atoms with Gasteiger partial charge in [-0.1, -0.05) is 42.5 Å². The molecule has 2 aromatic carbocycles. The van der Waals surface area contributed by atoms with Crippen LogP contribution in [0.3, 0.4) is 0 Å². The number of rotatable bonds is 10. The third-order valence-electron chi connectivity index (χ3n) is 7.21. The molecule has 0 radical (unpaired) electrons. The molecule has 1 N–H and O–H groups in total. The number of carbonyl (C=O) groups excluding carboxylic acids is 4. The van der Waals surface area contributed by atoms with Gasteiger partial charge in [0.1, 0.15) is 36.1 Å². The highest BCUT2D eigenvalue weighted by molar-refractivity contribution is 8.00. The summed E-state index contributed by atoms with van der Waals surface area (Å²) in [6, 6.07) is 15.7. The molecule has 3 aliphatic heterocycles. The molecule has 0 spiro atoms. The molecule has 216 valence electrons. The van der Waals surface area contributed by atoms with Crippen molar-refractivity contribution < 1.29 is 38.1 Å². The first kappa shape index (κ1) is 28.7. The van der Waals surface area contributed by atoms with E-state index in [-0.39, 0.29) is 49.2 Å². The predicted molar refractivity (Wildman–Crippen MR) is 150 cm³/mol. The molecule has 41 heavy (non-hydrogen) atoms. The Morgan fingerprint density at radius 2 is 1.78 bits per heavy atom. The van der Waals surface area contributed by atoms with Gasteiger partial charge in [-0.3, -0.25) is 19.3 Å². The van der Waals surface area contributed by atoms with E-state index < -0.39 is 23.5 Å². The molecule has 3 aliphatic rings. The van der Waals surface area contributed by atoms with Crippen LogP contribution in [-0.2, 0) is 46.4 Å². The SMILES string of the molecule is COc1ccc(COC(=O)C2=C([C@@H]3CC[C@H](COC(C)=O)O3)CS[C@@H]3[C@H](NC(=O)Cc4ccccc4)C(=O)N23)cc1. The van der Waals surface area contributed by atoms with Gasteiger partial charge < -0.3 is 24.3 Å². The van der Waals surface area contributed by atoms with E-state index >= 15 is 0 Å². The summed E-state index contributed by atoms with van der Waals surface area (Å²) in [6.07, 6.45) is 0.691. The number of esters is 2. The molecule has 4 atom stereocenters. The average molecular weight is 581 g/mol. The maximum atomic E-state index is 13.5. The minimum absolute atomic E-state index is 0.0112. The van der Waals surface area contributed by atoms with Crippen LogP contribution in [0.25, 0.3) is 0 Å². The number of β-lactam (4-membered cyclic amide) rings is 1. The smallest absolute Gasteiger partial charge is 0.355 e. The van der Waals surface area contributed by atoms with E-state index in [1.54, 1.807) is 31.4 Å². The van der Waals surface area contributed by atoms with Crippen molar-refractivity contribution in [1.29, 1.82) is 0 Å². The van der Waals surface area contributed by atoms with Crippen molar-refractivity contribution in [3.8, 4) is 5.75 Å².